The zero-order valence-corrected chi connectivity index (χ0v) is 17.4. The number of halogens is 1. The van der Waals surface area contributed by atoms with Crippen molar-refractivity contribution in [2.24, 2.45) is 17.6 Å². The smallest absolute Gasteiger partial charge is 0.324 e. The number of nitrogens with two attached hydrogens (primary N) is 1. The SMILES string of the molecule is CCc1cc(F)cc2c1Cc1nc(Oc3cccnc3)nc(N3CC4CC(N)C4C3)c1-2. The molecule has 3 aromatic rings. The standard InChI is InChI=1S/C24H24FN5O/c1-2-13-6-15(25)8-18-17(13)9-21-22(18)23(30-11-14-7-20(26)19(14)12-30)29-24(28-21)31-16-4-3-5-27-10-16/h3-6,8,10,14,19-20H,2,7,9,11-12,26H2,1H3. The third-order valence-corrected chi connectivity index (χ3v) is 7.01. The Morgan fingerprint density at radius 3 is 2.90 bits per heavy atom. The van der Waals surface area contributed by atoms with E-state index in [1.807, 2.05) is 12.1 Å². The van der Waals surface area contributed by atoms with E-state index in [-0.39, 0.29) is 11.9 Å². The number of rotatable bonds is 4. The highest BCUT2D eigenvalue weighted by atomic mass is 19.1. The number of benzene rings is 1. The van der Waals surface area contributed by atoms with Crippen molar-refractivity contribution >= 4 is 5.82 Å². The first-order valence-electron chi connectivity index (χ1n) is 10.9. The molecule has 3 aliphatic rings. The molecule has 31 heavy (non-hydrogen) atoms. The van der Waals surface area contributed by atoms with E-state index < -0.39 is 0 Å². The van der Waals surface area contributed by atoms with Gasteiger partial charge in [0.2, 0.25) is 0 Å². The van der Waals surface area contributed by atoms with E-state index in [9.17, 15) is 4.39 Å². The Bertz CT molecular complexity index is 1170. The van der Waals surface area contributed by atoms with Crippen LogP contribution in [0.5, 0.6) is 11.8 Å². The summed E-state index contributed by atoms with van der Waals surface area (Å²) in [6.45, 7) is 3.84. The predicted molar refractivity (Wildman–Crippen MR) is 116 cm³/mol. The highest BCUT2D eigenvalue weighted by molar-refractivity contribution is 5.85. The van der Waals surface area contributed by atoms with Gasteiger partial charge in [-0.25, -0.2) is 4.39 Å². The number of fused-ring (bicyclic) bond motifs is 4. The maximum Gasteiger partial charge on any atom is 0.324 e. The first kappa shape index (κ1) is 18.7. The van der Waals surface area contributed by atoms with Crippen LogP contribution in [-0.4, -0.2) is 34.1 Å². The summed E-state index contributed by atoms with van der Waals surface area (Å²) in [6.07, 6.45) is 5.83. The molecule has 3 atom stereocenters. The summed E-state index contributed by atoms with van der Waals surface area (Å²) in [4.78, 5) is 16.0. The second-order valence-electron chi connectivity index (χ2n) is 8.79. The highest BCUT2D eigenvalue weighted by Crippen LogP contribution is 2.48. The van der Waals surface area contributed by atoms with Crippen LogP contribution < -0.4 is 15.4 Å². The van der Waals surface area contributed by atoms with Gasteiger partial charge in [0.05, 0.1) is 11.9 Å². The average Bonchev–Trinajstić information content (AvgIpc) is 3.31. The van der Waals surface area contributed by atoms with E-state index in [1.54, 1.807) is 24.5 Å². The van der Waals surface area contributed by atoms with E-state index in [0.29, 0.717) is 30.0 Å². The Labute approximate surface area is 180 Å². The van der Waals surface area contributed by atoms with Crippen LogP contribution in [0.25, 0.3) is 11.1 Å². The number of anilines is 1. The van der Waals surface area contributed by atoms with Crippen LogP contribution in [-0.2, 0) is 12.8 Å². The summed E-state index contributed by atoms with van der Waals surface area (Å²) >= 11 is 0. The fourth-order valence-corrected chi connectivity index (χ4v) is 5.40. The average molecular weight is 417 g/mol. The van der Waals surface area contributed by atoms with Gasteiger partial charge in [-0.1, -0.05) is 6.92 Å². The summed E-state index contributed by atoms with van der Waals surface area (Å²) in [7, 11) is 0. The van der Waals surface area contributed by atoms with Gasteiger partial charge in [0.1, 0.15) is 17.4 Å². The Morgan fingerprint density at radius 1 is 1.26 bits per heavy atom. The van der Waals surface area contributed by atoms with Gasteiger partial charge >= 0.3 is 6.01 Å². The fraction of sp³-hybridized carbons (Fsp3) is 0.375. The molecule has 3 unspecified atom stereocenters. The van der Waals surface area contributed by atoms with Crippen molar-refractivity contribution in [1.82, 2.24) is 15.0 Å². The van der Waals surface area contributed by atoms with Crippen molar-refractivity contribution in [1.29, 1.82) is 0 Å². The van der Waals surface area contributed by atoms with Crippen LogP contribution in [0.15, 0.2) is 36.7 Å². The molecule has 0 spiro atoms. The molecule has 2 aromatic heterocycles. The number of hydrogen-bond donors (Lipinski definition) is 1. The lowest BCUT2D eigenvalue weighted by atomic mass is 9.72. The van der Waals surface area contributed by atoms with Crippen molar-refractivity contribution in [2.45, 2.75) is 32.2 Å². The number of aryl methyl sites for hydroxylation is 1. The molecular formula is C24H24FN5O. The third kappa shape index (κ3) is 2.98. The molecular weight excluding hydrogens is 393 g/mol. The van der Waals surface area contributed by atoms with Gasteiger partial charge in [0.15, 0.2) is 0 Å². The monoisotopic (exact) mass is 417 g/mol. The van der Waals surface area contributed by atoms with Crippen LogP contribution in [0.4, 0.5) is 10.2 Å². The molecule has 7 heteroatoms. The minimum atomic E-state index is -0.214. The maximum absolute atomic E-state index is 14.5. The lowest BCUT2D eigenvalue weighted by molar-refractivity contribution is 0.194. The summed E-state index contributed by atoms with van der Waals surface area (Å²) in [5.41, 5.74) is 11.2. The number of aromatic nitrogens is 3. The molecule has 1 aromatic carbocycles. The van der Waals surface area contributed by atoms with E-state index in [1.165, 1.54) is 0 Å². The molecule has 6 rings (SSSR count). The van der Waals surface area contributed by atoms with Gasteiger partial charge in [0.25, 0.3) is 0 Å². The molecule has 2 aliphatic carbocycles. The van der Waals surface area contributed by atoms with Gasteiger partial charge in [-0.2, -0.15) is 9.97 Å². The third-order valence-electron chi connectivity index (χ3n) is 7.01. The fourth-order valence-electron chi connectivity index (χ4n) is 5.40. The van der Waals surface area contributed by atoms with Gasteiger partial charge in [-0.05, 0) is 65.6 Å². The molecule has 2 N–H and O–H groups in total. The largest absolute Gasteiger partial charge is 0.423 e. The highest BCUT2D eigenvalue weighted by Gasteiger charge is 2.46. The van der Waals surface area contributed by atoms with Crippen LogP contribution in [0.2, 0.25) is 0 Å². The molecule has 158 valence electrons. The summed E-state index contributed by atoms with van der Waals surface area (Å²) in [6, 6.07) is 7.47. The van der Waals surface area contributed by atoms with Crippen LogP contribution in [0.3, 0.4) is 0 Å². The van der Waals surface area contributed by atoms with Crippen molar-refractivity contribution in [3.8, 4) is 22.9 Å². The minimum absolute atomic E-state index is 0.214. The van der Waals surface area contributed by atoms with Crippen LogP contribution in [0.1, 0.15) is 30.2 Å². The number of nitrogens with zero attached hydrogens (tertiary/aromatic N) is 4. The second-order valence-corrected chi connectivity index (χ2v) is 8.79. The van der Waals surface area contributed by atoms with Gasteiger partial charge in [-0.3, -0.25) is 4.98 Å². The lowest BCUT2D eigenvalue weighted by Crippen LogP contribution is -2.46. The summed E-state index contributed by atoms with van der Waals surface area (Å²) in [5, 5.41) is 0. The van der Waals surface area contributed by atoms with Crippen LogP contribution >= 0.6 is 0 Å². The molecule has 0 radical (unpaired) electrons. The second kappa shape index (κ2) is 6.99. The molecule has 3 heterocycles. The molecule has 6 nitrogen and oxygen atoms in total. The Hall–Kier alpha value is -3.06. The zero-order valence-electron chi connectivity index (χ0n) is 17.4. The van der Waals surface area contributed by atoms with E-state index in [2.05, 4.69) is 16.8 Å². The van der Waals surface area contributed by atoms with Crippen molar-refractivity contribution < 1.29 is 9.13 Å². The van der Waals surface area contributed by atoms with E-state index in [0.717, 1.165) is 59.7 Å². The van der Waals surface area contributed by atoms with Crippen molar-refractivity contribution in [2.75, 3.05) is 18.0 Å². The molecule has 2 fully saturated rings. The number of pyridine rings is 1. The minimum Gasteiger partial charge on any atom is -0.423 e. The van der Waals surface area contributed by atoms with Crippen molar-refractivity contribution in [3.05, 3.63) is 59.3 Å². The molecule has 0 amide bonds. The lowest BCUT2D eigenvalue weighted by Gasteiger charge is -2.36. The summed E-state index contributed by atoms with van der Waals surface area (Å²) < 4.78 is 20.4. The number of ether oxygens (including phenoxy) is 1. The number of hydrogen-bond acceptors (Lipinski definition) is 6. The van der Waals surface area contributed by atoms with Crippen molar-refractivity contribution in [3.63, 3.8) is 0 Å². The molecule has 1 aliphatic heterocycles. The Kier molecular flexibility index (Phi) is 4.21. The van der Waals surface area contributed by atoms with Gasteiger partial charge < -0.3 is 15.4 Å². The Morgan fingerprint density at radius 2 is 2.16 bits per heavy atom. The van der Waals surface area contributed by atoms with E-state index >= 15 is 0 Å². The molecule has 0 bridgehead atoms. The van der Waals surface area contributed by atoms with Gasteiger partial charge in [-0.15, -0.1) is 0 Å². The van der Waals surface area contributed by atoms with Gasteiger partial charge in [0, 0.05) is 37.3 Å². The maximum atomic E-state index is 14.5. The quantitative estimate of drug-likeness (QED) is 0.545. The molecule has 1 saturated heterocycles. The normalized spacial score (nSPS) is 23.2. The van der Waals surface area contributed by atoms with E-state index in [4.69, 9.17) is 20.4 Å². The first-order chi connectivity index (χ1) is 15.1. The zero-order chi connectivity index (χ0) is 21.1. The van der Waals surface area contributed by atoms with Crippen LogP contribution in [0, 0.1) is 17.7 Å². The predicted octanol–water partition coefficient (Wildman–Crippen LogP) is 3.72. The summed E-state index contributed by atoms with van der Waals surface area (Å²) in [5.74, 6) is 2.30. The molecule has 1 saturated carbocycles. The Balaban J connectivity index is 1.47. The topological polar surface area (TPSA) is 77.2 Å². The first-order valence-corrected chi connectivity index (χ1v) is 10.9.